The summed E-state index contributed by atoms with van der Waals surface area (Å²) in [5.41, 5.74) is 1.53. The van der Waals surface area contributed by atoms with Crippen molar-refractivity contribution in [2.45, 2.75) is 32.7 Å². The Bertz CT molecular complexity index is 565. The third kappa shape index (κ3) is 4.59. The van der Waals surface area contributed by atoms with Gasteiger partial charge in [0, 0.05) is 24.7 Å². The molecule has 112 valence electrons. The molecule has 0 unspecified atom stereocenters. The fourth-order valence-electron chi connectivity index (χ4n) is 2.02. The summed E-state index contributed by atoms with van der Waals surface area (Å²) in [4.78, 5) is 16.3. The van der Waals surface area contributed by atoms with Crippen LogP contribution in [0.4, 0.5) is 5.69 Å². The highest BCUT2D eigenvalue weighted by atomic mass is 16.1. The van der Waals surface area contributed by atoms with Gasteiger partial charge in [0.25, 0.3) is 5.91 Å². The minimum atomic E-state index is -0.0590. The molecule has 1 aromatic carbocycles. The maximum absolute atomic E-state index is 12.2. The monoisotopic (exact) mass is 287 g/mol. The number of anilines is 1. The first-order chi connectivity index (χ1) is 10.2. The van der Waals surface area contributed by atoms with Crippen LogP contribution in [0.1, 0.15) is 36.5 Å². The van der Waals surface area contributed by atoms with Crippen molar-refractivity contribution < 1.29 is 4.79 Å². The van der Waals surface area contributed by atoms with Gasteiger partial charge in [0.15, 0.2) is 0 Å². The van der Waals surface area contributed by atoms with Crippen molar-refractivity contribution in [2.24, 2.45) is 0 Å². The van der Waals surface area contributed by atoms with Crippen LogP contribution in [0, 0.1) is 0 Å². The minimum absolute atomic E-state index is 0.0590. The minimum Gasteiger partial charge on any atom is -0.382 e. The van der Waals surface area contributed by atoms with E-state index in [0.29, 0.717) is 12.1 Å². The summed E-state index contributed by atoms with van der Waals surface area (Å²) < 4.78 is 0. The number of nitrogens with one attached hydrogen (secondary N) is 3. The Balaban J connectivity index is 1.85. The second-order valence-electron chi connectivity index (χ2n) is 5.14. The number of hydrogen-bond acceptors (Lipinski definition) is 4. The van der Waals surface area contributed by atoms with Crippen LogP contribution in [0.15, 0.2) is 30.6 Å². The number of H-pyrrole nitrogens is 1. The topological polar surface area (TPSA) is 82.7 Å². The van der Waals surface area contributed by atoms with Gasteiger partial charge in [0.2, 0.25) is 0 Å². The number of amides is 1. The summed E-state index contributed by atoms with van der Waals surface area (Å²) in [7, 11) is 0. The molecule has 0 saturated heterocycles. The molecule has 1 aromatic heterocycles. The predicted molar refractivity (Wildman–Crippen MR) is 82.2 cm³/mol. The fourth-order valence-corrected chi connectivity index (χ4v) is 2.02. The van der Waals surface area contributed by atoms with E-state index in [0.717, 1.165) is 24.4 Å². The van der Waals surface area contributed by atoms with Crippen LogP contribution in [0.5, 0.6) is 0 Å². The van der Waals surface area contributed by atoms with Crippen molar-refractivity contribution in [3.8, 4) is 0 Å². The standard InChI is InChI=1S/C15H21N5O/c1-11(2)19-13-7-4-3-6-12(13)15(21)16-9-5-8-14-17-10-18-20-14/h3-4,6-7,10-11,19H,5,8-9H2,1-2H3,(H,16,21)(H,17,18,20). The summed E-state index contributed by atoms with van der Waals surface area (Å²) in [6, 6.07) is 7.82. The SMILES string of the molecule is CC(C)Nc1ccccc1C(=O)NCCCc1ncn[nH]1. The second-order valence-corrected chi connectivity index (χ2v) is 5.14. The van der Waals surface area contributed by atoms with E-state index in [2.05, 4.69) is 25.8 Å². The Morgan fingerprint density at radius 3 is 2.86 bits per heavy atom. The van der Waals surface area contributed by atoms with Gasteiger partial charge >= 0.3 is 0 Å². The van der Waals surface area contributed by atoms with Crippen LogP contribution >= 0.6 is 0 Å². The average molecular weight is 287 g/mol. The Morgan fingerprint density at radius 2 is 2.14 bits per heavy atom. The molecule has 3 N–H and O–H groups in total. The van der Waals surface area contributed by atoms with Crippen LogP contribution < -0.4 is 10.6 Å². The van der Waals surface area contributed by atoms with Crippen LogP contribution in [-0.4, -0.2) is 33.7 Å². The van der Waals surface area contributed by atoms with Crippen molar-refractivity contribution >= 4 is 11.6 Å². The quantitative estimate of drug-likeness (QED) is 0.680. The van der Waals surface area contributed by atoms with Crippen molar-refractivity contribution in [2.75, 3.05) is 11.9 Å². The average Bonchev–Trinajstić information content (AvgIpc) is 2.96. The van der Waals surface area contributed by atoms with E-state index in [9.17, 15) is 4.79 Å². The largest absolute Gasteiger partial charge is 0.382 e. The normalized spacial score (nSPS) is 10.6. The van der Waals surface area contributed by atoms with Gasteiger partial charge in [-0.2, -0.15) is 5.10 Å². The molecule has 21 heavy (non-hydrogen) atoms. The van der Waals surface area contributed by atoms with E-state index in [1.807, 2.05) is 38.1 Å². The Hall–Kier alpha value is -2.37. The van der Waals surface area contributed by atoms with E-state index in [1.165, 1.54) is 6.33 Å². The molecule has 0 atom stereocenters. The molecule has 0 spiro atoms. The molecule has 2 aromatic rings. The number of nitrogens with zero attached hydrogens (tertiary/aromatic N) is 2. The zero-order valence-corrected chi connectivity index (χ0v) is 12.4. The maximum atomic E-state index is 12.2. The number of carbonyl (C=O) groups is 1. The molecule has 0 bridgehead atoms. The highest BCUT2D eigenvalue weighted by Crippen LogP contribution is 2.15. The zero-order chi connectivity index (χ0) is 15.1. The lowest BCUT2D eigenvalue weighted by atomic mass is 10.1. The Labute approximate surface area is 124 Å². The van der Waals surface area contributed by atoms with E-state index < -0.39 is 0 Å². The van der Waals surface area contributed by atoms with E-state index in [1.54, 1.807) is 0 Å². The molecule has 1 amide bonds. The first-order valence-corrected chi connectivity index (χ1v) is 7.15. The second kappa shape index (κ2) is 7.42. The maximum Gasteiger partial charge on any atom is 0.253 e. The van der Waals surface area contributed by atoms with Crippen molar-refractivity contribution in [3.05, 3.63) is 42.0 Å². The number of carbonyl (C=O) groups excluding carboxylic acids is 1. The molecule has 0 aliphatic carbocycles. The van der Waals surface area contributed by atoms with Gasteiger partial charge in [0.05, 0.1) is 5.56 Å². The molecule has 1 heterocycles. The molecule has 6 nitrogen and oxygen atoms in total. The van der Waals surface area contributed by atoms with Crippen LogP contribution in [-0.2, 0) is 6.42 Å². The lowest BCUT2D eigenvalue weighted by Gasteiger charge is -2.14. The van der Waals surface area contributed by atoms with Gasteiger partial charge in [0.1, 0.15) is 12.2 Å². The lowest BCUT2D eigenvalue weighted by Crippen LogP contribution is -2.26. The van der Waals surface area contributed by atoms with Crippen LogP contribution in [0.25, 0.3) is 0 Å². The molecule has 0 radical (unpaired) electrons. The summed E-state index contributed by atoms with van der Waals surface area (Å²) in [6.07, 6.45) is 3.08. The number of para-hydroxylation sites is 1. The van der Waals surface area contributed by atoms with Crippen molar-refractivity contribution in [3.63, 3.8) is 0 Å². The third-order valence-corrected chi connectivity index (χ3v) is 2.96. The lowest BCUT2D eigenvalue weighted by molar-refractivity contribution is 0.0954. The molecule has 0 aliphatic rings. The van der Waals surface area contributed by atoms with Crippen LogP contribution in [0.3, 0.4) is 0 Å². The van der Waals surface area contributed by atoms with E-state index in [4.69, 9.17) is 0 Å². The summed E-state index contributed by atoms with van der Waals surface area (Å²) in [5.74, 6) is 0.780. The molecular weight excluding hydrogens is 266 g/mol. The fraction of sp³-hybridized carbons (Fsp3) is 0.400. The van der Waals surface area contributed by atoms with Gasteiger partial charge in [-0.3, -0.25) is 9.89 Å². The van der Waals surface area contributed by atoms with Gasteiger partial charge in [-0.25, -0.2) is 4.98 Å². The van der Waals surface area contributed by atoms with Gasteiger partial charge < -0.3 is 10.6 Å². The summed E-state index contributed by atoms with van der Waals surface area (Å²) in [6.45, 7) is 4.70. The van der Waals surface area contributed by atoms with Gasteiger partial charge in [-0.15, -0.1) is 0 Å². The number of rotatable bonds is 7. The van der Waals surface area contributed by atoms with E-state index in [-0.39, 0.29) is 11.9 Å². The van der Waals surface area contributed by atoms with Gasteiger partial charge in [-0.1, -0.05) is 12.1 Å². The number of benzene rings is 1. The van der Waals surface area contributed by atoms with Crippen LogP contribution in [0.2, 0.25) is 0 Å². The van der Waals surface area contributed by atoms with E-state index >= 15 is 0 Å². The Kier molecular flexibility index (Phi) is 5.31. The van der Waals surface area contributed by atoms with Crippen molar-refractivity contribution in [1.82, 2.24) is 20.5 Å². The highest BCUT2D eigenvalue weighted by molar-refractivity contribution is 5.99. The number of aromatic nitrogens is 3. The predicted octanol–water partition coefficient (Wildman–Crippen LogP) is 1.99. The molecule has 6 heteroatoms. The zero-order valence-electron chi connectivity index (χ0n) is 12.4. The molecule has 0 aliphatic heterocycles. The summed E-state index contributed by atoms with van der Waals surface area (Å²) in [5, 5.41) is 12.8. The Morgan fingerprint density at radius 1 is 1.33 bits per heavy atom. The first-order valence-electron chi connectivity index (χ1n) is 7.15. The number of aryl methyl sites for hydroxylation is 1. The molecular formula is C15H21N5O. The van der Waals surface area contributed by atoms with Gasteiger partial charge in [-0.05, 0) is 32.4 Å². The third-order valence-electron chi connectivity index (χ3n) is 2.96. The highest BCUT2D eigenvalue weighted by Gasteiger charge is 2.10. The van der Waals surface area contributed by atoms with Crippen molar-refractivity contribution in [1.29, 1.82) is 0 Å². The summed E-state index contributed by atoms with van der Waals surface area (Å²) >= 11 is 0. The number of aromatic amines is 1. The molecule has 0 saturated carbocycles. The first kappa shape index (κ1) is 15.0. The molecule has 0 fully saturated rings. The molecule has 2 rings (SSSR count). The smallest absolute Gasteiger partial charge is 0.253 e. The number of hydrogen-bond donors (Lipinski definition) is 3.